The summed E-state index contributed by atoms with van der Waals surface area (Å²) < 4.78 is 28.4. The van der Waals surface area contributed by atoms with Gasteiger partial charge in [0.25, 0.3) is 0 Å². The second kappa shape index (κ2) is 6.21. The Balaban J connectivity index is 1.64. The highest BCUT2D eigenvalue weighted by atomic mass is 32.2. The summed E-state index contributed by atoms with van der Waals surface area (Å²) in [6.45, 7) is 0.320. The van der Waals surface area contributed by atoms with Gasteiger partial charge in [-0.3, -0.25) is 0 Å². The molecule has 1 N–H and O–H groups in total. The molecule has 7 heteroatoms. The van der Waals surface area contributed by atoms with Crippen LogP contribution in [0.2, 0.25) is 0 Å². The number of aromatic nitrogens is 3. The smallest absolute Gasteiger partial charge is 0.192 e. The van der Waals surface area contributed by atoms with E-state index in [0.29, 0.717) is 6.61 Å². The molecular formula is C16H15N3O3S. The highest BCUT2D eigenvalue weighted by Crippen LogP contribution is 2.20. The summed E-state index contributed by atoms with van der Waals surface area (Å²) >= 11 is 0. The van der Waals surface area contributed by atoms with Crippen LogP contribution in [0.25, 0.3) is 11.3 Å². The Bertz CT molecular complexity index is 871. The van der Waals surface area contributed by atoms with Gasteiger partial charge in [0, 0.05) is 18.0 Å². The van der Waals surface area contributed by atoms with E-state index < -0.39 is 9.84 Å². The Hall–Kier alpha value is -2.67. The molecule has 0 fully saturated rings. The number of hydrogen-bond acceptors (Lipinski definition) is 5. The number of benzene rings is 1. The summed E-state index contributed by atoms with van der Waals surface area (Å²) in [6, 6.07) is 10.8. The van der Waals surface area contributed by atoms with E-state index in [4.69, 9.17) is 4.74 Å². The van der Waals surface area contributed by atoms with Gasteiger partial charge in [-0.1, -0.05) is 6.07 Å². The summed E-state index contributed by atoms with van der Waals surface area (Å²) in [7, 11) is -3.27. The van der Waals surface area contributed by atoms with Gasteiger partial charge in [-0.2, -0.15) is 0 Å². The molecule has 0 unspecified atom stereocenters. The van der Waals surface area contributed by atoms with Crippen molar-refractivity contribution in [3.63, 3.8) is 0 Å². The minimum atomic E-state index is -3.27. The van der Waals surface area contributed by atoms with E-state index >= 15 is 0 Å². The number of nitrogens with one attached hydrogen (secondary N) is 1. The van der Waals surface area contributed by atoms with Crippen LogP contribution >= 0.6 is 0 Å². The number of nitrogens with zero attached hydrogens (tertiary/aromatic N) is 2. The molecule has 0 radical (unpaired) electrons. The van der Waals surface area contributed by atoms with Gasteiger partial charge in [-0.05, 0) is 35.9 Å². The molecule has 3 aromatic rings. The number of sulfone groups is 1. The molecule has 0 atom stereocenters. The SMILES string of the molecule is CS(=O)(=O)c1ccc(COc2ccc(-c3cnc[nH]3)cc2)cn1. The molecule has 0 saturated carbocycles. The van der Waals surface area contributed by atoms with Crippen molar-refractivity contribution in [2.45, 2.75) is 11.6 Å². The average molecular weight is 329 g/mol. The molecule has 0 spiro atoms. The van der Waals surface area contributed by atoms with Crippen LogP contribution < -0.4 is 4.74 Å². The lowest BCUT2D eigenvalue weighted by Gasteiger charge is -2.07. The largest absolute Gasteiger partial charge is 0.489 e. The lowest BCUT2D eigenvalue weighted by molar-refractivity contribution is 0.305. The van der Waals surface area contributed by atoms with E-state index in [-0.39, 0.29) is 5.03 Å². The van der Waals surface area contributed by atoms with Crippen molar-refractivity contribution in [2.24, 2.45) is 0 Å². The molecule has 118 valence electrons. The Morgan fingerprint density at radius 3 is 2.43 bits per heavy atom. The van der Waals surface area contributed by atoms with Crippen LogP contribution in [0, 0.1) is 0 Å². The molecular weight excluding hydrogens is 314 g/mol. The van der Waals surface area contributed by atoms with Gasteiger partial charge in [0.15, 0.2) is 14.9 Å². The lowest BCUT2D eigenvalue weighted by Crippen LogP contribution is -2.02. The quantitative estimate of drug-likeness (QED) is 0.777. The highest BCUT2D eigenvalue weighted by molar-refractivity contribution is 7.90. The topological polar surface area (TPSA) is 84.9 Å². The molecule has 6 nitrogen and oxygen atoms in total. The number of ether oxygens (including phenoxy) is 1. The van der Waals surface area contributed by atoms with Crippen LogP contribution in [0.3, 0.4) is 0 Å². The zero-order valence-electron chi connectivity index (χ0n) is 12.4. The molecule has 0 aliphatic rings. The van der Waals surface area contributed by atoms with E-state index in [1.165, 1.54) is 12.3 Å². The third kappa shape index (κ3) is 3.75. The zero-order valence-corrected chi connectivity index (χ0v) is 13.2. The van der Waals surface area contributed by atoms with E-state index in [0.717, 1.165) is 28.8 Å². The monoisotopic (exact) mass is 329 g/mol. The molecule has 3 rings (SSSR count). The average Bonchev–Trinajstić information content (AvgIpc) is 3.07. The molecule has 0 saturated heterocycles. The van der Waals surface area contributed by atoms with Crippen LogP contribution in [-0.4, -0.2) is 29.6 Å². The number of hydrogen-bond donors (Lipinski definition) is 1. The van der Waals surface area contributed by atoms with Gasteiger partial charge >= 0.3 is 0 Å². The Labute approximate surface area is 134 Å². The highest BCUT2D eigenvalue weighted by Gasteiger charge is 2.08. The molecule has 2 heterocycles. The Kier molecular flexibility index (Phi) is 4.12. The van der Waals surface area contributed by atoms with Crippen LogP contribution in [0.15, 0.2) is 60.1 Å². The first-order valence-electron chi connectivity index (χ1n) is 6.89. The third-order valence-corrected chi connectivity index (χ3v) is 4.25. The first-order valence-corrected chi connectivity index (χ1v) is 8.78. The Morgan fingerprint density at radius 1 is 1.09 bits per heavy atom. The fourth-order valence-corrected chi connectivity index (χ4v) is 2.59. The number of aromatic amines is 1. The van der Waals surface area contributed by atoms with Gasteiger partial charge in [0.1, 0.15) is 12.4 Å². The summed E-state index contributed by atoms with van der Waals surface area (Å²) in [5.74, 6) is 0.723. The Morgan fingerprint density at radius 2 is 1.87 bits per heavy atom. The van der Waals surface area contributed by atoms with Gasteiger partial charge in [0.05, 0.1) is 18.2 Å². The van der Waals surface area contributed by atoms with Crippen molar-refractivity contribution in [1.82, 2.24) is 15.0 Å². The first-order chi connectivity index (χ1) is 11.0. The standard InChI is InChI=1S/C16H15N3O3S/c1-23(20,21)16-7-2-12(8-18-16)10-22-14-5-3-13(4-6-14)15-9-17-11-19-15/h2-9,11H,10H2,1H3,(H,17,19). The van der Waals surface area contributed by atoms with E-state index in [9.17, 15) is 8.42 Å². The summed E-state index contributed by atoms with van der Waals surface area (Å²) in [5.41, 5.74) is 2.76. The van der Waals surface area contributed by atoms with Crippen LogP contribution in [0.5, 0.6) is 5.75 Å². The predicted octanol–water partition coefficient (Wildman–Crippen LogP) is 2.45. The van der Waals surface area contributed by atoms with Crippen LogP contribution in [0.4, 0.5) is 0 Å². The fourth-order valence-electron chi connectivity index (χ4n) is 2.03. The molecule has 0 aliphatic carbocycles. The van der Waals surface area contributed by atoms with Crippen LogP contribution in [0.1, 0.15) is 5.56 Å². The summed E-state index contributed by atoms with van der Waals surface area (Å²) in [5, 5.41) is 0.0603. The minimum Gasteiger partial charge on any atom is -0.489 e. The number of rotatable bonds is 5. The molecule has 0 aliphatic heterocycles. The maximum absolute atomic E-state index is 11.4. The van der Waals surface area contributed by atoms with Gasteiger partial charge in [-0.25, -0.2) is 18.4 Å². The van der Waals surface area contributed by atoms with Crippen molar-refractivity contribution in [2.75, 3.05) is 6.26 Å². The number of H-pyrrole nitrogens is 1. The normalized spacial score (nSPS) is 11.3. The first kappa shape index (κ1) is 15.2. The van der Waals surface area contributed by atoms with E-state index in [2.05, 4.69) is 15.0 Å². The van der Waals surface area contributed by atoms with Crippen molar-refractivity contribution in [3.05, 3.63) is 60.7 Å². The summed E-state index contributed by atoms with van der Waals surface area (Å²) in [6.07, 6.45) is 6.03. The lowest BCUT2D eigenvalue weighted by atomic mass is 10.2. The maximum atomic E-state index is 11.4. The van der Waals surface area contributed by atoms with Crippen molar-refractivity contribution in [1.29, 1.82) is 0 Å². The molecule has 1 aromatic carbocycles. The molecule has 0 bridgehead atoms. The van der Waals surface area contributed by atoms with Gasteiger partial charge < -0.3 is 9.72 Å². The van der Waals surface area contributed by atoms with Crippen molar-refractivity contribution < 1.29 is 13.2 Å². The maximum Gasteiger partial charge on any atom is 0.192 e. The number of pyridine rings is 1. The zero-order chi connectivity index (χ0) is 16.3. The second-order valence-electron chi connectivity index (χ2n) is 5.06. The van der Waals surface area contributed by atoms with Crippen molar-refractivity contribution in [3.8, 4) is 17.0 Å². The fraction of sp³-hybridized carbons (Fsp3) is 0.125. The van der Waals surface area contributed by atoms with Gasteiger partial charge in [0.2, 0.25) is 0 Å². The minimum absolute atomic E-state index is 0.0603. The van der Waals surface area contributed by atoms with Crippen LogP contribution in [-0.2, 0) is 16.4 Å². The molecule has 2 aromatic heterocycles. The molecule has 0 amide bonds. The van der Waals surface area contributed by atoms with E-state index in [1.54, 1.807) is 18.6 Å². The number of imidazole rings is 1. The van der Waals surface area contributed by atoms with E-state index in [1.807, 2.05) is 24.3 Å². The molecule has 23 heavy (non-hydrogen) atoms. The van der Waals surface area contributed by atoms with Gasteiger partial charge in [-0.15, -0.1) is 0 Å². The third-order valence-electron chi connectivity index (χ3n) is 3.25. The van der Waals surface area contributed by atoms with Crippen molar-refractivity contribution >= 4 is 9.84 Å². The predicted molar refractivity (Wildman–Crippen MR) is 85.7 cm³/mol. The summed E-state index contributed by atoms with van der Waals surface area (Å²) in [4.78, 5) is 11.0. The second-order valence-corrected chi connectivity index (χ2v) is 7.02.